The molecule has 4 aliphatic rings. The quantitative estimate of drug-likeness (QED) is 0.719. The van der Waals surface area contributed by atoms with Crippen LogP contribution in [-0.4, -0.2) is 30.6 Å². The number of nitrogens with one attached hydrogen (secondary N) is 1. The molecule has 1 unspecified atom stereocenters. The molecule has 168 valence electrons. The van der Waals surface area contributed by atoms with Crippen molar-refractivity contribution in [3.63, 3.8) is 0 Å². The second kappa shape index (κ2) is 6.87. The SMILES string of the molecule is CCC(c1cc2c(cc1[C@@H](C)C(F)(F)F)OCC1=NNC(=O)[C@@H](C)N12)C1CC2(CC2)C1. The number of hydrazone groups is 1. The van der Waals surface area contributed by atoms with E-state index in [2.05, 4.69) is 17.5 Å². The summed E-state index contributed by atoms with van der Waals surface area (Å²) in [6, 6.07) is 2.91. The van der Waals surface area contributed by atoms with Crippen molar-refractivity contribution in [2.45, 2.75) is 76.9 Å². The number of fused-ring (bicyclic) bond motifs is 3. The minimum absolute atomic E-state index is 0.0626. The number of rotatable bonds is 4. The minimum Gasteiger partial charge on any atom is -0.483 e. The van der Waals surface area contributed by atoms with Gasteiger partial charge in [-0.1, -0.05) is 6.92 Å². The van der Waals surface area contributed by atoms with Gasteiger partial charge in [0.15, 0.2) is 5.84 Å². The number of carbonyl (C=O) groups is 1. The highest BCUT2D eigenvalue weighted by Gasteiger charge is 2.55. The molecule has 2 fully saturated rings. The van der Waals surface area contributed by atoms with Gasteiger partial charge in [-0.2, -0.15) is 18.3 Å². The molecule has 31 heavy (non-hydrogen) atoms. The van der Waals surface area contributed by atoms with Gasteiger partial charge in [-0.15, -0.1) is 0 Å². The van der Waals surface area contributed by atoms with Crippen LogP contribution in [-0.2, 0) is 4.79 Å². The number of hydrogen-bond donors (Lipinski definition) is 1. The van der Waals surface area contributed by atoms with Crippen LogP contribution in [0.3, 0.4) is 0 Å². The molecule has 0 saturated heterocycles. The van der Waals surface area contributed by atoms with Crippen molar-refractivity contribution >= 4 is 17.4 Å². The fourth-order valence-corrected chi connectivity index (χ4v) is 5.71. The van der Waals surface area contributed by atoms with Crippen molar-refractivity contribution in [1.82, 2.24) is 5.43 Å². The van der Waals surface area contributed by atoms with E-state index in [-0.39, 0.29) is 18.4 Å². The molecular formula is C23H28F3N3O2. The molecule has 2 heterocycles. The second-order valence-electron chi connectivity index (χ2n) is 9.73. The molecule has 1 amide bonds. The van der Waals surface area contributed by atoms with Crippen LogP contribution in [0.1, 0.15) is 75.8 Å². The van der Waals surface area contributed by atoms with Gasteiger partial charge < -0.3 is 9.64 Å². The molecule has 2 aliphatic carbocycles. The van der Waals surface area contributed by atoms with Crippen molar-refractivity contribution < 1.29 is 22.7 Å². The zero-order chi connectivity index (χ0) is 22.1. The first-order valence-electron chi connectivity index (χ1n) is 11.2. The van der Waals surface area contributed by atoms with Gasteiger partial charge in [0.05, 0.1) is 11.6 Å². The van der Waals surface area contributed by atoms with Gasteiger partial charge in [-0.25, -0.2) is 5.43 Å². The third-order valence-corrected chi connectivity index (χ3v) is 7.83. The Labute approximate surface area is 180 Å². The number of halogens is 3. The number of hydrogen-bond acceptors (Lipinski definition) is 4. The largest absolute Gasteiger partial charge is 0.483 e. The molecule has 8 heteroatoms. The minimum atomic E-state index is -4.34. The molecule has 2 aliphatic heterocycles. The smallest absolute Gasteiger partial charge is 0.395 e. The Kier molecular flexibility index (Phi) is 4.58. The van der Waals surface area contributed by atoms with Crippen molar-refractivity contribution in [2.75, 3.05) is 11.5 Å². The summed E-state index contributed by atoms with van der Waals surface area (Å²) in [5.74, 6) is -0.407. The molecule has 0 radical (unpaired) electrons. The fraction of sp³-hybridized carbons (Fsp3) is 0.652. The number of amides is 1. The van der Waals surface area contributed by atoms with Crippen LogP contribution in [0.5, 0.6) is 5.75 Å². The molecule has 2 saturated carbocycles. The van der Waals surface area contributed by atoms with Crippen LogP contribution in [0.15, 0.2) is 17.2 Å². The van der Waals surface area contributed by atoms with Gasteiger partial charge in [0.1, 0.15) is 18.4 Å². The van der Waals surface area contributed by atoms with Crippen LogP contribution in [0.25, 0.3) is 0 Å². The molecule has 3 atom stereocenters. The topological polar surface area (TPSA) is 53.9 Å². The van der Waals surface area contributed by atoms with Gasteiger partial charge in [-0.05, 0) is 86.5 Å². The highest BCUT2D eigenvalue weighted by molar-refractivity contribution is 6.09. The first-order valence-corrected chi connectivity index (χ1v) is 11.2. The number of ether oxygens (including phenoxy) is 1. The van der Waals surface area contributed by atoms with E-state index in [9.17, 15) is 18.0 Å². The van der Waals surface area contributed by atoms with Gasteiger partial charge in [0, 0.05) is 0 Å². The van der Waals surface area contributed by atoms with Gasteiger partial charge >= 0.3 is 6.18 Å². The van der Waals surface area contributed by atoms with Crippen molar-refractivity contribution in [2.24, 2.45) is 16.4 Å². The molecule has 1 spiro atoms. The molecule has 0 bridgehead atoms. The Balaban J connectivity index is 1.61. The van der Waals surface area contributed by atoms with Gasteiger partial charge in [-0.3, -0.25) is 4.79 Å². The Morgan fingerprint density at radius 1 is 1.29 bits per heavy atom. The molecule has 5 nitrogen and oxygen atoms in total. The Morgan fingerprint density at radius 3 is 2.61 bits per heavy atom. The van der Waals surface area contributed by atoms with E-state index < -0.39 is 18.1 Å². The summed E-state index contributed by atoms with van der Waals surface area (Å²) in [5.41, 5.74) is 4.65. The van der Waals surface area contributed by atoms with Crippen LogP contribution >= 0.6 is 0 Å². The first kappa shape index (κ1) is 20.6. The Hall–Kier alpha value is -2.25. The molecule has 1 aromatic carbocycles. The van der Waals surface area contributed by atoms with Crippen LogP contribution in [0, 0.1) is 11.3 Å². The highest BCUT2D eigenvalue weighted by atomic mass is 19.4. The first-order chi connectivity index (χ1) is 14.6. The summed E-state index contributed by atoms with van der Waals surface area (Å²) in [7, 11) is 0. The van der Waals surface area contributed by atoms with E-state index in [4.69, 9.17) is 4.74 Å². The van der Waals surface area contributed by atoms with E-state index >= 15 is 0 Å². The van der Waals surface area contributed by atoms with Gasteiger partial charge in [0.2, 0.25) is 0 Å². The fourth-order valence-electron chi connectivity index (χ4n) is 5.71. The van der Waals surface area contributed by atoms with Crippen LogP contribution < -0.4 is 15.1 Å². The number of amidine groups is 1. The zero-order valence-corrected chi connectivity index (χ0v) is 18.1. The molecule has 1 aromatic rings. The van der Waals surface area contributed by atoms with Crippen molar-refractivity contribution in [3.05, 3.63) is 23.3 Å². The average Bonchev–Trinajstić information content (AvgIpc) is 3.50. The average molecular weight is 435 g/mol. The third-order valence-electron chi connectivity index (χ3n) is 7.83. The highest BCUT2D eigenvalue weighted by Crippen LogP contribution is 2.66. The molecule has 0 aromatic heterocycles. The predicted octanol–water partition coefficient (Wildman–Crippen LogP) is 5.07. The number of nitrogens with zero attached hydrogens (tertiary/aromatic N) is 2. The van der Waals surface area contributed by atoms with Crippen LogP contribution in [0.4, 0.5) is 18.9 Å². The second-order valence-corrected chi connectivity index (χ2v) is 9.73. The molecule has 1 N–H and O–H groups in total. The standard InChI is InChI=1S/C23H28F3N3O2/c1-4-15(14-9-22(10-14)5-6-22)17-7-18-19(8-16(17)12(2)23(24,25)26)31-11-20-27-28-21(30)13(3)29(18)20/h7-8,12-15H,4-6,9-11H2,1-3H3,(H,28,30)/t12-,13-,15?/m1/s1. The van der Waals surface area contributed by atoms with Crippen LogP contribution in [0.2, 0.25) is 0 Å². The summed E-state index contributed by atoms with van der Waals surface area (Å²) >= 11 is 0. The Bertz CT molecular complexity index is 946. The maximum Gasteiger partial charge on any atom is 0.395 e. The normalized spacial score (nSPS) is 26.1. The van der Waals surface area contributed by atoms with E-state index in [1.165, 1.54) is 19.8 Å². The van der Waals surface area contributed by atoms with Crippen molar-refractivity contribution in [3.8, 4) is 5.75 Å². The maximum absolute atomic E-state index is 13.8. The summed E-state index contributed by atoms with van der Waals surface area (Å²) in [6.45, 7) is 5.17. The number of anilines is 1. The Morgan fingerprint density at radius 2 is 2.00 bits per heavy atom. The monoisotopic (exact) mass is 435 g/mol. The van der Waals surface area contributed by atoms with E-state index in [1.807, 2.05) is 6.07 Å². The van der Waals surface area contributed by atoms with E-state index in [1.54, 1.807) is 17.9 Å². The molecular weight excluding hydrogens is 407 g/mol. The lowest BCUT2D eigenvalue weighted by atomic mass is 9.63. The molecule has 5 rings (SSSR count). The number of carbonyl (C=O) groups excluding carboxylic acids is 1. The summed E-state index contributed by atoms with van der Waals surface area (Å²) < 4.78 is 47.2. The lowest BCUT2D eigenvalue weighted by Gasteiger charge is -2.43. The summed E-state index contributed by atoms with van der Waals surface area (Å²) in [5, 5.41) is 4.10. The van der Waals surface area contributed by atoms with Gasteiger partial charge in [0.25, 0.3) is 5.91 Å². The van der Waals surface area contributed by atoms with E-state index in [0.717, 1.165) is 24.8 Å². The van der Waals surface area contributed by atoms with Crippen molar-refractivity contribution in [1.29, 1.82) is 0 Å². The summed E-state index contributed by atoms with van der Waals surface area (Å²) in [6.07, 6.45) is 1.17. The maximum atomic E-state index is 13.8. The number of alkyl halides is 3. The predicted molar refractivity (Wildman–Crippen MR) is 111 cm³/mol. The zero-order valence-electron chi connectivity index (χ0n) is 18.1. The lowest BCUT2D eigenvalue weighted by Crippen LogP contribution is -2.55. The summed E-state index contributed by atoms with van der Waals surface area (Å²) in [4.78, 5) is 14.0. The van der Waals surface area contributed by atoms with E-state index in [0.29, 0.717) is 34.2 Å². The lowest BCUT2D eigenvalue weighted by molar-refractivity contribution is -0.146. The number of benzene rings is 1. The third kappa shape index (κ3) is 3.29.